The molecular weight excluding hydrogens is 442 g/mol. The maximum Gasteiger partial charge on any atom is 0.262 e. The first-order valence-corrected chi connectivity index (χ1v) is 11.1. The highest BCUT2D eigenvalue weighted by Gasteiger charge is 2.22. The fourth-order valence-electron chi connectivity index (χ4n) is 2.61. The molecule has 1 aromatic carbocycles. The summed E-state index contributed by atoms with van der Waals surface area (Å²) in [5.41, 5.74) is 0.209. The molecule has 0 spiro atoms. The van der Waals surface area contributed by atoms with Crippen molar-refractivity contribution >= 4 is 44.5 Å². The molecule has 0 fully saturated rings. The minimum Gasteiger partial charge on any atom is -0.382 e. The molecule has 0 saturated carbocycles. The quantitative estimate of drug-likeness (QED) is 0.359. The summed E-state index contributed by atoms with van der Waals surface area (Å²) in [7, 11) is 0. The van der Waals surface area contributed by atoms with E-state index in [1.54, 1.807) is 10.6 Å². The number of hydrogen-bond acceptors (Lipinski definition) is 5. The van der Waals surface area contributed by atoms with E-state index in [4.69, 9.17) is 4.74 Å². The molecule has 6 nitrogen and oxygen atoms in total. The minimum absolute atomic E-state index is 0.0801. The number of fused-ring (bicyclic) bond motifs is 1. The van der Waals surface area contributed by atoms with Crippen molar-refractivity contribution in [1.29, 1.82) is 0 Å². The average molecular weight is 470 g/mol. The maximum absolute atomic E-state index is 13.1. The third-order valence-electron chi connectivity index (χ3n) is 3.91. The summed E-state index contributed by atoms with van der Waals surface area (Å²) in [6, 6.07) is 5.46. The zero-order valence-corrected chi connectivity index (χ0v) is 19.4. The van der Waals surface area contributed by atoms with Gasteiger partial charge < -0.3 is 10.1 Å². The van der Waals surface area contributed by atoms with Gasteiger partial charge in [0.2, 0.25) is 5.91 Å². The number of carbonyl (C=O) groups excluding carboxylic acids is 1. The van der Waals surface area contributed by atoms with E-state index in [2.05, 4.69) is 26.2 Å². The lowest BCUT2D eigenvalue weighted by Gasteiger charge is -2.23. The predicted octanol–water partition coefficient (Wildman–Crippen LogP) is 3.98. The van der Waals surface area contributed by atoms with Crippen molar-refractivity contribution in [3.05, 3.63) is 33.0 Å². The Bertz CT molecular complexity index is 893. The van der Waals surface area contributed by atoms with Crippen LogP contribution in [0.25, 0.3) is 10.9 Å². The van der Waals surface area contributed by atoms with Crippen LogP contribution in [0.5, 0.6) is 0 Å². The molecule has 154 valence electrons. The largest absolute Gasteiger partial charge is 0.382 e. The summed E-state index contributed by atoms with van der Waals surface area (Å²) in [6.07, 6.45) is 0.699. The van der Waals surface area contributed by atoms with Gasteiger partial charge in [0.1, 0.15) is 0 Å². The molecule has 0 bridgehead atoms. The van der Waals surface area contributed by atoms with Gasteiger partial charge in [-0.1, -0.05) is 27.7 Å². The molecule has 2 rings (SSSR count). The van der Waals surface area contributed by atoms with E-state index in [1.165, 1.54) is 11.8 Å². The van der Waals surface area contributed by atoms with Crippen LogP contribution in [0.2, 0.25) is 0 Å². The molecular formula is C20H28BrN3O3S. The Morgan fingerprint density at radius 2 is 2.11 bits per heavy atom. The summed E-state index contributed by atoms with van der Waals surface area (Å²) in [5, 5.41) is 3.71. The Morgan fingerprint density at radius 1 is 1.39 bits per heavy atom. The van der Waals surface area contributed by atoms with Crippen LogP contribution in [-0.4, -0.2) is 39.5 Å². The smallest absolute Gasteiger partial charge is 0.262 e. The monoisotopic (exact) mass is 469 g/mol. The van der Waals surface area contributed by atoms with Crippen molar-refractivity contribution < 1.29 is 9.53 Å². The zero-order chi connectivity index (χ0) is 20.9. The Hall–Kier alpha value is -1.38. The van der Waals surface area contributed by atoms with E-state index in [1.807, 2.05) is 46.8 Å². The van der Waals surface area contributed by atoms with Gasteiger partial charge in [-0.2, -0.15) is 0 Å². The van der Waals surface area contributed by atoms with Crippen molar-refractivity contribution in [1.82, 2.24) is 14.9 Å². The van der Waals surface area contributed by atoms with Crippen molar-refractivity contribution in [2.75, 3.05) is 13.2 Å². The molecule has 1 aromatic heterocycles. The number of thioether (sulfide) groups is 1. The van der Waals surface area contributed by atoms with Crippen molar-refractivity contribution in [2.24, 2.45) is 0 Å². The molecule has 2 aromatic rings. The van der Waals surface area contributed by atoms with Crippen LogP contribution in [0.1, 0.15) is 41.0 Å². The molecule has 0 radical (unpaired) electrons. The van der Waals surface area contributed by atoms with Crippen molar-refractivity contribution in [3.8, 4) is 0 Å². The Balaban J connectivity index is 2.37. The molecule has 0 aliphatic carbocycles. The van der Waals surface area contributed by atoms with Gasteiger partial charge in [-0.15, -0.1) is 0 Å². The number of hydrogen-bond donors (Lipinski definition) is 1. The molecule has 1 amide bonds. The van der Waals surface area contributed by atoms with E-state index in [0.717, 1.165) is 4.47 Å². The number of ether oxygens (including phenoxy) is 1. The fraction of sp³-hybridized carbons (Fsp3) is 0.550. The first-order chi connectivity index (χ1) is 13.1. The Kier molecular flexibility index (Phi) is 8.09. The molecule has 0 aliphatic heterocycles. The lowest BCUT2D eigenvalue weighted by Crippen LogP contribution is -2.44. The summed E-state index contributed by atoms with van der Waals surface area (Å²) in [5.74, 6) is -0.0801. The minimum atomic E-state index is -0.378. The van der Waals surface area contributed by atoms with Crippen LogP contribution in [0.3, 0.4) is 0 Å². The number of aromatic nitrogens is 2. The summed E-state index contributed by atoms with van der Waals surface area (Å²) in [6.45, 7) is 11.3. The fourth-order valence-corrected chi connectivity index (χ4v) is 3.91. The predicted molar refractivity (Wildman–Crippen MR) is 118 cm³/mol. The highest BCUT2D eigenvalue weighted by Crippen LogP contribution is 2.24. The number of benzene rings is 1. The molecule has 1 unspecified atom stereocenters. The van der Waals surface area contributed by atoms with Gasteiger partial charge in [-0.05, 0) is 59.2 Å². The number of amides is 1. The molecule has 1 heterocycles. The number of nitrogens with zero attached hydrogens (tertiary/aromatic N) is 2. The first-order valence-electron chi connectivity index (χ1n) is 9.39. The van der Waals surface area contributed by atoms with E-state index in [9.17, 15) is 9.59 Å². The molecule has 8 heteroatoms. The second-order valence-corrected chi connectivity index (χ2v) is 9.79. The van der Waals surface area contributed by atoms with Crippen LogP contribution in [0.4, 0.5) is 0 Å². The van der Waals surface area contributed by atoms with E-state index in [-0.39, 0.29) is 22.3 Å². The van der Waals surface area contributed by atoms with Crippen molar-refractivity contribution in [2.45, 2.75) is 63.5 Å². The van der Waals surface area contributed by atoms with Gasteiger partial charge in [0.25, 0.3) is 5.56 Å². The van der Waals surface area contributed by atoms with Gasteiger partial charge in [-0.3, -0.25) is 14.2 Å². The topological polar surface area (TPSA) is 73.2 Å². The molecule has 28 heavy (non-hydrogen) atoms. The van der Waals surface area contributed by atoms with Crippen molar-refractivity contribution in [3.63, 3.8) is 0 Å². The summed E-state index contributed by atoms with van der Waals surface area (Å²) < 4.78 is 7.89. The number of nitrogens with one attached hydrogen (secondary N) is 1. The van der Waals surface area contributed by atoms with Gasteiger partial charge in [0, 0.05) is 29.8 Å². The first kappa shape index (κ1) is 22.9. The summed E-state index contributed by atoms with van der Waals surface area (Å²) >= 11 is 4.72. The third-order valence-corrected chi connectivity index (χ3v) is 5.49. The second-order valence-electron chi connectivity index (χ2n) is 7.56. The number of halogens is 1. The van der Waals surface area contributed by atoms with Crippen LogP contribution in [-0.2, 0) is 16.1 Å². The lowest BCUT2D eigenvalue weighted by molar-refractivity contribution is -0.121. The SMILES string of the molecule is CCOCCCn1c(SC(C)C(=O)NC(C)(C)C)nc2ccc(Br)cc2c1=O. The van der Waals surface area contributed by atoms with E-state index in [0.29, 0.717) is 42.2 Å². The van der Waals surface area contributed by atoms with E-state index < -0.39 is 0 Å². The second kappa shape index (κ2) is 9.89. The van der Waals surface area contributed by atoms with Gasteiger partial charge in [-0.25, -0.2) is 4.98 Å². The van der Waals surface area contributed by atoms with E-state index >= 15 is 0 Å². The lowest BCUT2D eigenvalue weighted by atomic mass is 10.1. The third kappa shape index (κ3) is 6.32. The molecule has 0 aliphatic rings. The van der Waals surface area contributed by atoms with Gasteiger partial charge in [0.05, 0.1) is 16.2 Å². The van der Waals surface area contributed by atoms with Gasteiger partial charge >= 0.3 is 0 Å². The van der Waals surface area contributed by atoms with Gasteiger partial charge in [0.15, 0.2) is 5.16 Å². The van der Waals surface area contributed by atoms with Crippen LogP contribution in [0.15, 0.2) is 32.6 Å². The Labute approximate surface area is 178 Å². The molecule has 1 N–H and O–H groups in total. The molecule has 1 atom stereocenters. The average Bonchev–Trinajstić information content (AvgIpc) is 2.60. The van der Waals surface area contributed by atoms with Crippen LogP contribution < -0.4 is 10.9 Å². The zero-order valence-electron chi connectivity index (χ0n) is 17.0. The standard InChI is InChI=1S/C20H28BrN3O3S/c1-6-27-11-7-10-24-18(26)15-12-14(21)8-9-16(15)22-19(24)28-13(2)17(25)23-20(3,4)5/h8-9,12-13H,6-7,10-11H2,1-5H3,(H,23,25). The normalized spacial score (nSPS) is 12.9. The Morgan fingerprint density at radius 3 is 2.75 bits per heavy atom. The van der Waals surface area contributed by atoms with Crippen LogP contribution >= 0.6 is 27.7 Å². The highest BCUT2D eigenvalue weighted by atomic mass is 79.9. The number of rotatable bonds is 8. The van der Waals surface area contributed by atoms with Crippen LogP contribution in [0, 0.1) is 0 Å². The number of carbonyl (C=O) groups is 1. The highest BCUT2D eigenvalue weighted by molar-refractivity contribution is 9.10. The maximum atomic E-state index is 13.1. The summed E-state index contributed by atoms with van der Waals surface area (Å²) in [4.78, 5) is 30.3. The molecule has 0 saturated heterocycles.